The van der Waals surface area contributed by atoms with E-state index in [1.165, 1.54) is 49.0 Å². The highest BCUT2D eigenvalue weighted by atomic mass is 15.1. The van der Waals surface area contributed by atoms with Crippen LogP contribution in [0, 0.1) is 6.92 Å². The third kappa shape index (κ3) is 6.00. The molecule has 0 bridgehead atoms. The summed E-state index contributed by atoms with van der Waals surface area (Å²) in [7, 11) is 0. The molecule has 2 nitrogen and oxygen atoms in total. The van der Waals surface area contributed by atoms with E-state index in [2.05, 4.69) is 36.1 Å². The van der Waals surface area contributed by atoms with Crippen molar-refractivity contribution < 1.29 is 0 Å². The van der Waals surface area contributed by atoms with E-state index in [-0.39, 0.29) is 0 Å². The lowest BCUT2D eigenvalue weighted by Crippen LogP contribution is -2.28. The number of benzene rings is 2. The Kier molecular flexibility index (Phi) is 7.14. The van der Waals surface area contributed by atoms with E-state index in [9.17, 15) is 0 Å². The lowest BCUT2D eigenvalue weighted by atomic mass is 10.1. The number of hydrogen-bond acceptors (Lipinski definition) is 2. The van der Waals surface area contributed by atoms with Crippen LogP contribution in [0.5, 0.6) is 0 Å². The highest BCUT2D eigenvalue weighted by molar-refractivity contribution is 5.21. The van der Waals surface area contributed by atoms with Gasteiger partial charge in [-0.25, -0.2) is 0 Å². The number of piperidine rings is 1. The second-order valence-electron chi connectivity index (χ2n) is 6.01. The summed E-state index contributed by atoms with van der Waals surface area (Å²) in [5, 5.41) is 0. The van der Waals surface area contributed by atoms with Gasteiger partial charge >= 0.3 is 0 Å². The van der Waals surface area contributed by atoms with Crippen LogP contribution in [0.4, 0.5) is 0 Å². The van der Waals surface area contributed by atoms with Crippen LogP contribution in [0.25, 0.3) is 0 Å². The van der Waals surface area contributed by atoms with E-state index in [4.69, 9.17) is 5.73 Å². The van der Waals surface area contributed by atoms with Crippen molar-refractivity contribution in [2.75, 3.05) is 13.1 Å². The van der Waals surface area contributed by atoms with Crippen molar-refractivity contribution in [1.82, 2.24) is 4.90 Å². The summed E-state index contributed by atoms with van der Waals surface area (Å²) in [6.07, 6.45) is 4.18. The Labute approximate surface area is 135 Å². The van der Waals surface area contributed by atoms with Crippen LogP contribution < -0.4 is 5.73 Å². The van der Waals surface area contributed by atoms with Crippen LogP contribution >= 0.6 is 0 Å². The van der Waals surface area contributed by atoms with Crippen LogP contribution in [-0.2, 0) is 13.1 Å². The first-order chi connectivity index (χ1) is 10.8. The third-order valence-corrected chi connectivity index (χ3v) is 4.05. The fourth-order valence-electron chi connectivity index (χ4n) is 2.68. The maximum Gasteiger partial charge on any atom is 0.0233 e. The molecule has 0 unspecified atom stereocenters. The van der Waals surface area contributed by atoms with E-state index < -0.39 is 0 Å². The predicted molar refractivity (Wildman–Crippen MR) is 94.6 cm³/mol. The van der Waals surface area contributed by atoms with Crippen LogP contribution in [0.1, 0.15) is 36.0 Å². The van der Waals surface area contributed by atoms with Crippen LogP contribution in [0.15, 0.2) is 54.6 Å². The number of likely N-dealkylation sites (tertiary alicyclic amines) is 1. The van der Waals surface area contributed by atoms with Gasteiger partial charge in [0, 0.05) is 13.1 Å². The molecule has 0 radical (unpaired) electrons. The van der Waals surface area contributed by atoms with Gasteiger partial charge in [0.05, 0.1) is 0 Å². The zero-order valence-corrected chi connectivity index (χ0v) is 13.7. The van der Waals surface area contributed by atoms with E-state index in [0.717, 1.165) is 6.54 Å². The standard InChI is InChI=1S/C13H19N.C7H9N/c1-12-5-7-13(8-6-12)11-14-9-3-2-4-10-14;8-6-7-4-2-1-3-5-7/h5-8H,2-4,9-11H2,1H3;1-5H,6,8H2. The molecular weight excluding hydrogens is 268 g/mol. The average Bonchev–Trinajstić information content (AvgIpc) is 2.59. The SMILES string of the molecule is Cc1ccc(CN2CCCCC2)cc1.NCc1ccccc1. The molecule has 0 aliphatic carbocycles. The maximum atomic E-state index is 5.35. The van der Waals surface area contributed by atoms with Crippen LogP contribution in [-0.4, -0.2) is 18.0 Å². The van der Waals surface area contributed by atoms with Crippen molar-refractivity contribution in [2.24, 2.45) is 5.73 Å². The Bertz CT molecular complexity index is 513. The zero-order chi connectivity index (χ0) is 15.6. The fourth-order valence-corrected chi connectivity index (χ4v) is 2.68. The second-order valence-corrected chi connectivity index (χ2v) is 6.01. The summed E-state index contributed by atoms with van der Waals surface area (Å²) in [6, 6.07) is 18.9. The average molecular weight is 296 g/mol. The van der Waals surface area contributed by atoms with E-state index >= 15 is 0 Å². The van der Waals surface area contributed by atoms with Gasteiger partial charge in [-0.15, -0.1) is 0 Å². The topological polar surface area (TPSA) is 29.3 Å². The lowest BCUT2D eigenvalue weighted by molar-refractivity contribution is 0.221. The molecule has 0 spiro atoms. The number of nitrogens with zero attached hydrogens (tertiary/aromatic N) is 1. The molecule has 1 aliphatic rings. The largest absolute Gasteiger partial charge is 0.326 e. The molecule has 1 saturated heterocycles. The Morgan fingerprint density at radius 2 is 1.45 bits per heavy atom. The van der Waals surface area contributed by atoms with Gasteiger partial charge in [0.15, 0.2) is 0 Å². The smallest absolute Gasteiger partial charge is 0.0233 e. The van der Waals surface area contributed by atoms with E-state index in [0.29, 0.717) is 6.54 Å². The Morgan fingerprint density at radius 1 is 0.818 bits per heavy atom. The predicted octanol–water partition coefficient (Wildman–Crippen LogP) is 4.13. The van der Waals surface area contributed by atoms with Crippen molar-refractivity contribution in [2.45, 2.75) is 39.3 Å². The minimum atomic E-state index is 0.640. The summed E-state index contributed by atoms with van der Waals surface area (Å²) in [5.41, 5.74) is 9.35. The highest BCUT2D eigenvalue weighted by Crippen LogP contribution is 2.13. The molecule has 2 aromatic carbocycles. The summed E-state index contributed by atoms with van der Waals surface area (Å²) < 4.78 is 0. The van der Waals surface area contributed by atoms with Crippen molar-refractivity contribution >= 4 is 0 Å². The highest BCUT2D eigenvalue weighted by Gasteiger charge is 2.09. The Hall–Kier alpha value is -1.64. The first-order valence-corrected chi connectivity index (χ1v) is 8.30. The van der Waals surface area contributed by atoms with Gasteiger partial charge in [-0.05, 0) is 44.0 Å². The normalized spacial score (nSPS) is 15.0. The molecule has 118 valence electrons. The molecule has 0 saturated carbocycles. The molecule has 0 aromatic heterocycles. The lowest BCUT2D eigenvalue weighted by Gasteiger charge is -2.26. The van der Waals surface area contributed by atoms with Crippen LogP contribution in [0.3, 0.4) is 0 Å². The molecule has 1 heterocycles. The molecular formula is C20H28N2. The monoisotopic (exact) mass is 296 g/mol. The third-order valence-electron chi connectivity index (χ3n) is 4.05. The molecule has 0 atom stereocenters. The molecule has 1 aliphatic heterocycles. The Balaban J connectivity index is 0.000000188. The van der Waals surface area contributed by atoms with Crippen molar-refractivity contribution in [3.05, 3.63) is 71.3 Å². The van der Waals surface area contributed by atoms with Gasteiger partial charge in [0.2, 0.25) is 0 Å². The minimum absolute atomic E-state index is 0.640. The first-order valence-electron chi connectivity index (χ1n) is 8.30. The fraction of sp³-hybridized carbons (Fsp3) is 0.400. The van der Waals surface area contributed by atoms with E-state index in [1.807, 2.05) is 30.3 Å². The van der Waals surface area contributed by atoms with Gasteiger partial charge in [0.25, 0.3) is 0 Å². The number of rotatable bonds is 3. The van der Waals surface area contributed by atoms with Crippen LogP contribution in [0.2, 0.25) is 0 Å². The quantitative estimate of drug-likeness (QED) is 0.923. The minimum Gasteiger partial charge on any atom is -0.326 e. The summed E-state index contributed by atoms with van der Waals surface area (Å²) in [5.74, 6) is 0. The second kappa shape index (κ2) is 9.39. The molecule has 3 rings (SSSR count). The maximum absolute atomic E-state index is 5.35. The van der Waals surface area contributed by atoms with E-state index in [1.54, 1.807) is 0 Å². The summed E-state index contributed by atoms with van der Waals surface area (Å²) in [6.45, 7) is 6.49. The van der Waals surface area contributed by atoms with Gasteiger partial charge in [-0.2, -0.15) is 0 Å². The zero-order valence-electron chi connectivity index (χ0n) is 13.7. The molecule has 0 amide bonds. The van der Waals surface area contributed by atoms with Gasteiger partial charge in [0.1, 0.15) is 0 Å². The van der Waals surface area contributed by atoms with Gasteiger partial charge in [-0.1, -0.05) is 66.6 Å². The molecule has 2 N–H and O–H groups in total. The van der Waals surface area contributed by atoms with Crippen molar-refractivity contribution in [3.63, 3.8) is 0 Å². The molecule has 2 heteroatoms. The summed E-state index contributed by atoms with van der Waals surface area (Å²) in [4.78, 5) is 2.56. The number of nitrogens with two attached hydrogens (primary N) is 1. The van der Waals surface area contributed by atoms with Crippen molar-refractivity contribution in [3.8, 4) is 0 Å². The molecule has 2 aromatic rings. The first kappa shape index (κ1) is 16.7. The van der Waals surface area contributed by atoms with Crippen molar-refractivity contribution in [1.29, 1.82) is 0 Å². The molecule has 1 fully saturated rings. The summed E-state index contributed by atoms with van der Waals surface area (Å²) >= 11 is 0. The number of hydrogen-bond donors (Lipinski definition) is 1. The Morgan fingerprint density at radius 3 is 2.00 bits per heavy atom. The molecule has 22 heavy (non-hydrogen) atoms. The van der Waals surface area contributed by atoms with Gasteiger partial charge in [-0.3, -0.25) is 4.90 Å². The van der Waals surface area contributed by atoms with Gasteiger partial charge < -0.3 is 5.73 Å². The number of aryl methyl sites for hydroxylation is 1.